The van der Waals surface area contributed by atoms with E-state index in [9.17, 15) is 0 Å². The van der Waals surface area contributed by atoms with Crippen molar-refractivity contribution >= 4 is 5.95 Å². The molecule has 1 aliphatic heterocycles. The van der Waals surface area contributed by atoms with Crippen molar-refractivity contribution in [3.05, 3.63) is 11.9 Å². The minimum atomic E-state index is 0.550. The van der Waals surface area contributed by atoms with Crippen molar-refractivity contribution in [1.82, 2.24) is 9.55 Å². The Balaban J connectivity index is 2.03. The Hall–Kier alpha value is -1.03. The molecule has 17 heavy (non-hydrogen) atoms. The Morgan fingerprint density at radius 2 is 2.24 bits per heavy atom. The number of aryl methyl sites for hydroxylation is 1. The quantitative estimate of drug-likeness (QED) is 0.800. The first-order valence-electron chi connectivity index (χ1n) is 6.68. The molecule has 1 fully saturated rings. The minimum Gasteiger partial charge on any atom is -0.381 e. The molecule has 1 aromatic rings. The van der Waals surface area contributed by atoms with Crippen LogP contribution in [0, 0.1) is 6.92 Å². The summed E-state index contributed by atoms with van der Waals surface area (Å²) in [5.41, 5.74) is 1.09. The lowest BCUT2D eigenvalue weighted by molar-refractivity contribution is 0.0700. The van der Waals surface area contributed by atoms with E-state index in [0.717, 1.165) is 44.2 Å². The summed E-state index contributed by atoms with van der Waals surface area (Å²) in [7, 11) is 0. The fourth-order valence-corrected chi connectivity index (χ4v) is 2.27. The maximum absolute atomic E-state index is 5.41. The highest BCUT2D eigenvalue weighted by molar-refractivity contribution is 5.29. The van der Waals surface area contributed by atoms with Gasteiger partial charge in [0.25, 0.3) is 0 Å². The zero-order valence-corrected chi connectivity index (χ0v) is 10.9. The molecule has 96 valence electrons. The summed E-state index contributed by atoms with van der Waals surface area (Å²) in [5, 5.41) is 3.44. The summed E-state index contributed by atoms with van der Waals surface area (Å²) in [4.78, 5) is 4.57. The van der Waals surface area contributed by atoms with E-state index in [1.807, 2.05) is 0 Å². The zero-order valence-electron chi connectivity index (χ0n) is 10.9. The Bertz CT molecular complexity index is 342. The molecule has 0 radical (unpaired) electrons. The number of ether oxygens (including phenoxy) is 1. The van der Waals surface area contributed by atoms with Gasteiger partial charge in [0.2, 0.25) is 5.95 Å². The van der Waals surface area contributed by atoms with Gasteiger partial charge < -0.3 is 14.6 Å². The van der Waals surface area contributed by atoms with Crippen LogP contribution in [0.25, 0.3) is 0 Å². The molecule has 1 saturated heterocycles. The van der Waals surface area contributed by atoms with Crippen molar-refractivity contribution in [2.75, 3.05) is 25.1 Å². The summed E-state index contributed by atoms with van der Waals surface area (Å²) in [5.74, 6) is 1.03. The van der Waals surface area contributed by atoms with E-state index in [4.69, 9.17) is 4.74 Å². The van der Waals surface area contributed by atoms with E-state index in [-0.39, 0.29) is 0 Å². The van der Waals surface area contributed by atoms with Crippen LogP contribution in [-0.2, 0) is 4.74 Å². The lowest BCUT2D eigenvalue weighted by Gasteiger charge is -2.25. The number of aromatic nitrogens is 2. The van der Waals surface area contributed by atoms with Crippen LogP contribution in [0.4, 0.5) is 5.95 Å². The van der Waals surface area contributed by atoms with Gasteiger partial charge in [0.15, 0.2) is 0 Å². The molecule has 0 bridgehead atoms. The van der Waals surface area contributed by atoms with Gasteiger partial charge in [0.05, 0.1) is 5.69 Å². The molecule has 0 atom stereocenters. The van der Waals surface area contributed by atoms with E-state index in [2.05, 4.69) is 34.9 Å². The van der Waals surface area contributed by atoms with Crippen molar-refractivity contribution in [2.24, 2.45) is 0 Å². The second-order valence-corrected chi connectivity index (χ2v) is 4.74. The number of unbranched alkanes of at least 4 members (excludes halogenated alkanes) is 1. The average Bonchev–Trinajstić information content (AvgIpc) is 2.72. The molecule has 1 N–H and O–H groups in total. The van der Waals surface area contributed by atoms with Crippen molar-refractivity contribution in [3.63, 3.8) is 0 Å². The van der Waals surface area contributed by atoms with Crippen molar-refractivity contribution in [3.8, 4) is 0 Å². The van der Waals surface area contributed by atoms with E-state index in [1.54, 1.807) is 0 Å². The fourth-order valence-electron chi connectivity index (χ4n) is 2.27. The summed E-state index contributed by atoms with van der Waals surface area (Å²) in [6, 6.07) is 0.550. The minimum absolute atomic E-state index is 0.550. The predicted octanol–water partition coefficient (Wildman–Crippen LogP) is 2.76. The summed E-state index contributed by atoms with van der Waals surface area (Å²) in [6.07, 6.45) is 6.75. The summed E-state index contributed by atoms with van der Waals surface area (Å²) >= 11 is 0. The van der Waals surface area contributed by atoms with E-state index < -0.39 is 0 Å². The molecule has 0 aliphatic carbocycles. The molecule has 4 nitrogen and oxygen atoms in total. The van der Waals surface area contributed by atoms with Gasteiger partial charge in [0.1, 0.15) is 0 Å². The third kappa shape index (κ3) is 3.22. The molecule has 2 heterocycles. The average molecular weight is 237 g/mol. The van der Waals surface area contributed by atoms with E-state index in [1.165, 1.54) is 12.8 Å². The van der Waals surface area contributed by atoms with Crippen LogP contribution >= 0.6 is 0 Å². The molecule has 0 amide bonds. The highest BCUT2D eigenvalue weighted by Crippen LogP contribution is 2.25. The standard InChI is InChI=1S/C13H23N3O/c1-3-4-7-14-13-15-11(2)10-16(13)12-5-8-17-9-6-12/h10,12H,3-9H2,1-2H3,(H,14,15). The van der Waals surface area contributed by atoms with E-state index >= 15 is 0 Å². The Labute approximate surface area is 103 Å². The predicted molar refractivity (Wildman–Crippen MR) is 69.5 cm³/mol. The molecule has 1 aliphatic rings. The molecule has 1 aromatic heterocycles. The highest BCUT2D eigenvalue weighted by atomic mass is 16.5. The molecule has 4 heteroatoms. The molecule has 0 unspecified atom stereocenters. The second kappa shape index (κ2) is 6.05. The lowest BCUT2D eigenvalue weighted by atomic mass is 10.1. The van der Waals surface area contributed by atoms with Crippen LogP contribution in [0.2, 0.25) is 0 Å². The topological polar surface area (TPSA) is 39.1 Å². The monoisotopic (exact) mass is 237 g/mol. The van der Waals surface area contributed by atoms with Gasteiger partial charge in [-0.15, -0.1) is 0 Å². The van der Waals surface area contributed by atoms with Crippen LogP contribution in [0.3, 0.4) is 0 Å². The second-order valence-electron chi connectivity index (χ2n) is 4.74. The normalized spacial score (nSPS) is 17.3. The van der Waals surface area contributed by atoms with Crippen LogP contribution in [0.5, 0.6) is 0 Å². The van der Waals surface area contributed by atoms with Gasteiger partial charge in [0, 0.05) is 32.0 Å². The molecular formula is C13H23N3O. The van der Waals surface area contributed by atoms with Gasteiger partial charge >= 0.3 is 0 Å². The number of anilines is 1. The SMILES string of the molecule is CCCCNc1nc(C)cn1C1CCOCC1. The molecular weight excluding hydrogens is 214 g/mol. The molecule has 2 rings (SSSR count). The van der Waals surface area contributed by atoms with Crippen LogP contribution in [-0.4, -0.2) is 29.3 Å². The van der Waals surface area contributed by atoms with Crippen molar-refractivity contribution in [2.45, 2.75) is 45.6 Å². The summed E-state index contributed by atoms with van der Waals surface area (Å²) in [6.45, 7) is 7.02. The number of nitrogens with one attached hydrogen (secondary N) is 1. The lowest BCUT2D eigenvalue weighted by Crippen LogP contribution is -2.21. The number of hydrogen-bond donors (Lipinski definition) is 1. The van der Waals surface area contributed by atoms with Gasteiger partial charge in [-0.1, -0.05) is 13.3 Å². The first-order chi connectivity index (χ1) is 8.31. The van der Waals surface area contributed by atoms with Gasteiger partial charge in [-0.25, -0.2) is 4.98 Å². The van der Waals surface area contributed by atoms with Crippen LogP contribution in [0.15, 0.2) is 6.20 Å². The van der Waals surface area contributed by atoms with E-state index in [0.29, 0.717) is 6.04 Å². The van der Waals surface area contributed by atoms with Crippen LogP contribution in [0.1, 0.15) is 44.3 Å². The van der Waals surface area contributed by atoms with Crippen LogP contribution < -0.4 is 5.32 Å². The number of hydrogen-bond acceptors (Lipinski definition) is 3. The Kier molecular flexibility index (Phi) is 4.42. The molecule has 0 saturated carbocycles. The van der Waals surface area contributed by atoms with Gasteiger partial charge in [-0.2, -0.15) is 0 Å². The van der Waals surface area contributed by atoms with Gasteiger partial charge in [-0.05, 0) is 26.2 Å². The van der Waals surface area contributed by atoms with Crippen molar-refractivity contribution in [1.29, 1.82) is 0 Å². The number of imidazole rings is 1. The Morgan fingerprint density at radius 3 is 2.94 bits per heavy atom. The smallest absolute Gasteiger partial charge is 0.203 e. The first kappa shape index (κ1) is 12.4. The number of nitrogens with zero attached hydrogens (tertiary/aromatic N) is 2. The third-order valence-corrected chi connectivity index (χ3v) is 3.25. The maximum Gasteiger partial charge on any atom is 0.203 e. The fraction of sp³-hybridized carbons (Fsp3) is 0.769. The highest BCUT2D eigenvalue weighted by Gasteiger charge is 2.18. The molecule has 0 spiro atoms. The number of rotatable bonds is 5. The largest absolute Gasteiger partial charge is 0.381 e. The molecule has 0 aromatic carbocycles. The van der Waals surface area contributed by atoms with Crippen molar-refractivity contribution < 1.29 is 4.74 Å². The van der Waals surface area contributed by atoms with Gasteiger partial charge in [-0.3, -0.25) is 0 Å². The third-order valence-electron chi connectivity index (χ3n) is 3.25. The Morgan fingerprint density at radius 1 is 1.47 bits per heavy atom. The zero-order chi connectivity index (χ0) is 12.1. The maximum atomic E-state index is 5.41. The first-order valence-corrected chi connectivity index (χ1v) is 6.68. The summed E-state index contributed by atoms with van der Waals surface area (Å²) < 4.78 is 7.71.